The quantitative estimate of drug-likeness (QED) is 0.417. The molecular weight excluding hydrogens is 482 g/mol. The molecule has 0 saturated carbocycles. The van der Waals surface area contributed by atoms with Gasteiger partial charge in [-0.3, -0.25) is 4.79 Å². The Bertz CT molecular complexity index is 1420. The van der Waals surface area contributed by atoms with Crippen LogP contribution in [-0.2, 0) is 14.3 Å². The number of nitriles is 1. The third-order valence-corrected chi connectivity index (χ3v) is 7.01. The second-order valence-corrected chi connectivity index (χ2v) is 9.26. The number of esters is 1. The number of dihydropyridines is 1. The third kappa shape index (κ3) is 5.19. The molecular formula is C27H22ClN3O3S. The molecule has 3 aromatic rings. The molecule has 0 fully saturated rings. The zero-order valence-corrected chi connectivity index (χ0v) is 20.7. The number of ether oxygens (including phenoxy) is 1. The molecule has 0 unspecified atom stereocenters. The van der Waals surface area contributed by atoms with Crippen LogP contribution in [0.15, 0.2) is 88.6 Å². The van der Waals surface area contributed by atoms with Crippen LogP contribution < -0.4 is 10.6 Å². The highest BCUT2D eigenvalue weighted by Gasteiger charge is 2.36. The van der Waals surface area contributed by atoms with E-state index in [0.717, 1.165) is 10.8 Å². The normalized spacial score (nSPS) is 15.4. The molecule has 35 heavy (non-hydrogen) atoms. The molecule has 0 saturated heterocycles. The number of carbonyl (C=O) groups is 2. The minimum Gasteiger partial charge on any atom is -0.466 e. The Balaban J connectivity index is 1.59. The number of allylic oxidation sites excluding steroid dienone is 2. The summed E-state index contributed by atoms with van der Waals surface area (Å²) < 4.78 is 4.99. The average Bonchev–Trinajstić information content (AvgIpc) is 2.87. The molecule has 0 bridgehead atoms. The van der Waals surface area contributed by atoms with E-state index in [4.69, 9.17) is 16.3 Å². The molecule has 1 aliphatic rings. The van der Waals surface area contributed by atoms with Crippen molar-refractivity contribution in [2.24, 2.45) is 0 Å². The highest BCUT2D eigenvalue weighted by Crippen LogP contribution is 2.43. The van der Waals surface area contributed by atoms with Crippen molar-refractivity contribution in [1.82, 2.24) is 5.32 Å². The highest BCUT2D eigenvalue weighted by atomic mass is 35.5. The molecule has 1 amide bonds. The molecule has 0 radical (unpaired) electrons. The topological polar surface area (TPSA) is 91.2 Å². The van der Waals surface area contributed by atoms with E-state index in [2.05, 4.69) is 16.7 Å². The number of halogens is 1. The smallest absolute Gasteiger partial charge is 0.336 e. The first-order valence-electron chi connectivity index (χ1n) is 10.8. The Kier molecular flexibility index (Phi) is 7.45. The lowest BCUT2D eigenvalue weighted by Crippen LogP contribution is -2.29. The van der Waals surface area contributed by atoms with Gasteiger partial charge in [0.2, 0.25) is 5.91 Å². The van der Waals surface area contributed by atoms with Gasteiger partial charge in [-0.2, -0.15) is 5.26 Å². The second kappa shape index (κ2) is 10.7. The van der Waals surface area contributed by atoms with Crippen molar-refractivity contribution in [3.63, 3.8) is 0 Å². The van der Waals surface area contributed by atoms with Gasteiger partial charge in [-0.1, -0.05) is 71.9 Å². The summed E-state index contributed by atoms with van der Waals surface area (Å²) in [6.07, 6.45) is 0. The first-order valence-corrected chi connectivity index (χ1v) is 12.2. The number of hydrogen-bond acceptors (Lipinski definition) is 6. The van der Waals surface area contributed by atoms with Crippen molar-refractivity contribution in [2.45, 2.75) is 12.8 Å². The number of anilines is 1. The van der Waals surface area contributed by atoms with Crippen molar-refractivity contribution in [2.75, 3.05) is 18.2 Å². The minimum absolute atomic E-state index is 0.0659. The molecule has 4 rings (SSSR count). The van der Waals surface area contributed by atoms with Crippen LogP contribution in [0.3, 0.4) is 0 Å². The molecule has 176 valence electrons. The van der Waals surface area contributed by atoms with Crippen LogP contribution in [0.2, 0.25) is 5.02 Å². The summed E-state index contributed by atoms with van der Waals surface area (Å²) in [4.78, 5) is 25.4. The van der Waals surface area contributed by atoms with E-state index in [1.807, 2.05) is 42.5 Å². The van der Waals surface area contributed by atoms with Gasteiger partial charge in [0.05, 0.1) is 41.0 Å². The summed E-state index contributed by atoms with van der Waals surface area (Å²) in [6, 6.07) is 22.9. The largest absolute Gasteiger partial charge is 0.466 e. The number of nitrogens with zero attached hydrogens (tertiary/aromatic N) is 1. The summed E-state index contributed by atoms with van der Waals surface area (Å²) in [5.41, 5.74) is 2.46. The first kappa shape index (κ1) is 24.4. The predicted octanol–water partition coefficient (Wildman–Crippen LogP) is 5.73. The summed E-state index contributed by atoms with van der Waals surface area (Å²) in [7, 11) is 1.30. The van der Waals surface area contributed by atoms with E-state index < -0.39 is 11.9 Å². The fraction of sp³-hybridized carbons (Fsp3) is 0.148. The Morgan fingerprint density at radius 1 is 1.11 bits per heavy atom. The summed E-state index contributed by atoms with van der Waals surface area (Å²) in [6.45, 7) is 1.74. The van der Waals surface area contributed by atoms with Crippen LogP contribution >= 0.6 is 23.4 Å². The molecule has 0 aliphatic carbocycles. The number of nitrogens with one attached hydrogen (secondary N) is 2. The van der Waals surface area contributed by atoms with Crippen molar-refractivity contribution in [3.8, 4) is 6.07 Å². The van der Waals surface area contributed by atoms with Gasteiger partial charge in [0.15, 0.2) is 0 Å². The molecule has 2 N–H and O–H groups in total. The van der Waals surface area contributed by atoms with E-state index in [0.29, 0.717) is 38.1 Å². The lowest BCUT2D eigenvalue weighted by molar-refractivity contribution is -0.136. The van der Waals surface area contributed by atoms with Gasteiger partial charge in [-0.05, 0) is 41.5 Å². The third-order valence-electron chi connectivity index (χ3n) is 5.65. The van der Waals surface area contributed by atoms with Gasteiger partial charge in [0.1, 0.15) is 0 Å². The zero-order valence-electron chi connectivity index (χ0n) is 19.1. The van der Waals surface area contributed by atoms with Crippen molar-refractivity contribution < 1.29 is 14.3 Å². The predicted molar refractivity (Wildman–Crippen MR) is 140 cm³/mol. The second-order valence-electron chi connectivity index (χ2n) is 7.86. The molecule has 3 aromatic carbocycles. The number of hydrogen-bond donors (Lipinski definition) is 2. The number of methoxy groups -OCH3 is 1. The average molecular weight is 504 g/mol. The summed E-state index contributed by atoms with van der Waals surface area (Å²) >= 11 is 7.64. The summed E-state index contributed by atoms with van der Waals surface area (Å²) in [5.74, 6) is -1.41. The Morgan fingerprint density at radius 3 is 2.54 bits per heavy atom. The Labute approximate surface area is 212 Å². The van der Waals surface area contributed by atoms with Crippen molar-refractivity contribution in [1.29, 1.82) is 5.26 Å². The monoisotopic (exact) mass is 503 g/mol. The molecule has 1 heterocycles. The standard InChI is InChI=1S/C27H22ClN3O3S/c1-16-24(27(33)34-2)25(20-9-5-6-10-22(20)28)21(14-29)26(30-16)35-15-23(32)31-19-12-11-17-7-3-4-8-18(17)13-19/h3-13,25,30H,15H2,1-2H3,(H,31,32)/t25-/m1/s1. The zero-order chi connectivity index (χ0) is 24.9. The first-order chi connectivity index (χ1) is 16.9. The number of fused-ring (bicyclic) bond motifs is 1. The van der Waals surface area contributed by atoms with Gasteiger partial charge < -0.3 is 15.4 Å². The maximum absolute atomic E-state index is 12.7. The number of rotatable bonds is 6. The van der Waals surface area contributed by atoms with Gasteiger partial charge in [-0.15, -0.1) is 0 Å². The highest BCUT2D eigenvalue weighted by molar-refractivity contribution is 8.03. The van der Waals surface area contributed by atoms with Crippen molar-refractivity contribution in [3.05, 3.63) is 99.2 Å². The van der Waals surface area contributed by atoms with Gasteiger partial charge in [0, 0.05) is 16.4 Å². The van der Waals surface area contributed by atoms with E-state index in [-0.39, 0.29) is 11.7 Å². The number of amides is 1. The maximum Gasteiger partial charge on any atom is 0.336 e. The van der Waals surface area contributed by atoms with E-state index >= 15 is 0 Å². The van der Waals surface area contributed by atoms with Gasteiger partial charge >= 0.3 is 5.97 Å². The van der Waals surface area contributed by atoms with E-state index in [1.165, 1.54) is 18.9 Å². The van der Waals surface area contributed by atoms with Crippen LogP contribution in [0, 0.1) is 11.3 Å². The Hall–Kier alpha value is -3.73. The Morgan fingerprint density at radius 2 is 1.83 bits per heavy atom. The van der Waals surface area contributed by atoms with Crippen LogP contribution in [-0.4, -0.2) is 24.7 Å². The lowest BCUT2D eigenvalue weighted by Gasteiger charge is -2.29. The molecule has 0 aromatic heterocycles. The maximum atomic E-state index is 12.7. The van der Waals surface area contributed by atoms with E-state index in [1.54, 1.807) is 31.2 Å². The van der Waals surface area contributed by atoms with Crippen LogP contribution in [0.5, 0.6) is 0 Å². The molecule has 0 spiro atoms. The molecule has 1 aliphatic heterocycles. The molecule has 1 atom stereocenters. The fourth-order valence-corrected chi connectivity index (χ4v) is 5.17. The van der Waals surface area contributed by atoms with Crippen LogP contribution in [0.1, 0.15) is 18.4 Å². The number of benzene rings is 3. The summed E-state index contributed by atoms with van der Waals surface area (Å²) in [5, 5.41) is 19.1. The SMILES string of the molecule is COC(=O)C1=C(C)NC(SCC(=O)Nc2ccc3ccccc3c2)=C(C#N)[C@H]1c1ccccc1Cl. The molecule has 6 nitrogen and oxygen atoms in total. The fourth-order valence-electron chi connectivity index (χ4n) is 4.03. The number of thioether (sulfide) groups is 1. The van der Waals surface area contributed by atoms with Crippen molar-refractivity contribution >= 4 is 51.7 Å². The molecule has 8 heteroatoms. The van der Waals surface area contributed by atoms with Gasteiger partial charge in [-0.25, -0.2) is 4.79 Å². The van der Waals surface area contributed by atoms with Crippen LogP contribution in [0.25, 0.3) is 10.8 Å². The van der Waals surface area contributed by atoms with Crippen LogP contribution in [0.4, 0.5) is 5.69 Å². The lowest BCUT2D eigenvalue weighted by atomic mass is 9.82. The number of carbonyl (C=O) groups excluding carboxylic acids is 2. The van der Waals surface area contributed by atoms with E-state index in [9.17, 15) is 14.9 Å². The minimum atomic E-state index is -0.714. The van der Waals surface area contributed by atoms with Gasteiger partial charge in [0.25, 0.3) is 0 Å².